The van der Waals surface area contributed by atoms with E-state index < -0.39 is 0 Å². The van der Waals surface area contributed by atoms with Gasteiger partial charge in [0.05, 0.1) is 0 Å². The fourth-order valence-corrected chi connectivity index (χ4v) is 6.62. The molecule has 0 aromatic carbocycles. The van der Waals surface area contributed by atoms with Crippen molar-refractivity contribution in [3.8, 4) is 0 Å². The maximum absolute atomic E-state index is 12.3. The summed E-state index contributed by atoms with van der Waals surface area (Å²) in [5, 5.41) is 0. The summed E-state index contributed by atoms with van der Waals surface area (Å²) in [6.45, 7) is 20.5. The molecule has 0 amide bonds. The van der Waals surface area contributed by atoms with Crippen LogP contribution < -0.4 is 0 Å². The fourth-order valence-electron chi connectivity index (χ4n) is 6.62. The fraction of sp³-hybridized carbons (Fsp3) is 0.880. The van der Waals surface area contributed by atoms with Crippen molar-refractivity contribution in [3.05, 3.63) is 12.2 Å². The molecular formula is C25H46O. The molecule has 0 saturated heterocycles. The normalized spacial score (nSPS) is 36.2. The van der Waals surface area contributed by atoms with Crippen LogP contribution in [0.15, 0.2) is 12.2 Å². The van der Waals surface area contributed by atoms with Gasteiger partial charge in [-0.15, -0.1) is 0 Å². The minimum absolute atomic E-state index is 0. The zero-order valence-corrected chi connectivity index (χ0v) is 18.0. The van der Waals surface area contributed by atoms with Gasteiger partial charge in [-0.1, -0.05) is 67.0 Å². The number of fused-ring (bicyclic) bond motifs is 1. The van der Waals surface area contributed by atoms with Crippen molar-refractivity contribution in [1.82, 2.24) is 0 Å². The number of carbonyl (C=O) groups excluding carboxylic acids is 1. The Hall–Kier alpha value is -0.590. The van der Waals surface area contributed by atoms with Crippen LogP contribution in [0.25, 0.3) is 0 Å². The molecule has 2 aliphatic carbocycles. The van der Waals surface area contributed by atoms with E-state index in [0.29, 0.717) is 11.7 Å². The first kappa shape index (κ1) is 23.4. The Morgan fingerprint density at radius 3 is 2.31 bits per heavy atom. The predicted molar refractivity (Wildman–Crippen MR) is 115 cm³/mol. The van der Waals surface area contributed by atoms with E-state index in [-0.39, 0.29) is 18.3 Å². The zero-order chi connectivity index (χ0) is 19.0. The van der Waals surface area contributed by atoms with Gasteiger partial charge in [-0.25, -0.2) is 0 Å². The zero-order valence-electron chi connectivity index (χ0n) is 18.0. The number of hydrogen-bond acceptors (Lipinski definition) is 1. The topological polar surface area (TPSA) is 17.1 Å². The average Bonchev–Trinajstić information content (AvgIpc) is 2.88. The van der Waals surface area contributed by atoms with Gasteiger partial charge in [0.15, 0.2) is 0 Å². The van der Waals surface area contributed by atoms with Gasteiger partial charge in [-0.05, 0) is 80.5 Å². The Morgan fingerprint density at radius 1 is 1.23 bits per heavy atom. The second kappa shape index (κ2) is 8.61. The summed E-state index contributed by atoms with van der Waals surface area (Å²) in [5.41, 5.74) is 1.87. The van der Waals surface area contributed by atoms with Crippen LogP contribution >= 0.6 is 0 Å². The van der Waals surface area contributed by atoms with Crippen molar-refractivity contribution in [3.63, 3.8) is 0 Å². The second-order valence-corrected chi connectivity index (χ2v) is 10.2. The van der Waals surface area contributed by atoms with Gasteiger partial charge in [-0.2, -0.15) is 0 Å². The minimum atomic E-state index is 0. The largest absolute Gasteiger partial charge is 0.300 e. The lowest BCUT2D eigenvalue weighted by Gasteiger charge is -2.54. The maximum Gasteiger partial charge on any atom is 0.133 e. The Labute approximate surface area is 164 Å². The van der Waals surface area contributed by atoms with Crippen LogP contribution in [0.3, 0.4) is 0 Å². The molecule has 0 aliphatic heterocycles. The molecule has 0 aromatic rings. The van der Waals surface area contributed by atoms with Gasteiger partial charge in [0.25, 0.3) is 0 Å². The van der Waals surface area contributed by atoms with Crippen LogP contribution in [-0.2, 0) is 4.79 Å². The number of carbonyl (C=O) groups is 1. The van der Waals surface area contributed by atoms with E-state index in [1.165, 1.54) is 44.1 Å². The highest BCUT2D eigenvalue weighted by Gasteiger charge is 2.57. The molecule has 2 aliphatic rings. The van der Waals surface area contributed by atoms with Gasteiger partial charge >= 0.3 is 0 Å². The van der Waals surface area contributed by atoms with Crippen LogP contribution in [0.1, 0.15) is 101 Å². The molecule has 0 aromatic heterocycles. The van der Waals surface area contributed by atoms with Gasteiger partial charge in [0.2, 0.25) is 0 Å². The standard InChI is InChI=1S/C24H42O.CH4/c1-9-19-21-11-10-20(18(6)25)24(21,8)15-13-22(19)23(7,17(4)5)14-12-16(2)3;/h16,19-22H,4,9-15H2,1-3,5-8H3;1H4. The number of ketones is 1. The molecule has 0 spiro atoms. The van der Waals surface area contributed by atoms with Crippen LogP contribution in [-0.4, -0.2) is 5.78 Å². The van der Waals surface area contributed by atoms with Crippen molar-refractivity contribution in [2.75, 3.05) is 0 Å². The average molecular weight is 363 g/mol. The van der Waals surface area contributed by atoms with Crippen LogP contribution in [0.4, 0.5) is 0 Å². The van der Waals surface area contributed by atoms with Crippen molar-refractivity contribution in [2.24, 2.45) is 40.4 Å². The van der Waals surface area contributed by atoms with Crippen LogP contribution in [0.2, 0.25) is 0 Å². The molecule has 26 heavy (non-hydrogen) atoms. The Balaban J connectivity index is 0.00000338. The first-order valence-electron chi connectivity index (χ1n) is 10.7. The molecule has 0 radical (unpaired) electrons. The first-order chi connectivity index (χ1) is 11.6. The van der Waals surface area contributed by atoms with E-state index in [2.05, 4.69) is 48.1 Å². The highest BCUT2D eigenvalue weighted by atomic mass is 16.1. The lowest BCUT2D eigenvalue weighted by Crippen LogP contribution is -2.47. The number of rotatable bonds is 7. The minimum Gasteiger partial charge on any atom is -0.300 e. The first-order valence-corrected chi connectivity index (χ1v) is 10.7. The highest BCUT2D eigenvalue weighted by Crippen LogP contribution is 2.63. The maximum atomic E-state index is 12.3. The molecule has 1 heteroatoms. The van der Waals surface area contributed by atoms with E-state index in [1.54, 1.807) is 0 Å². The third-order valence-electron chi connectivity index (χ3n) is 8.43. The molecular weight excluding hydrogens is 316 g/mol. The number of hydrogen-bond donors (Lipinski definition) is 0. The Bertz CT molecular complexity index is 504. The highest BCUT2D eigenvalue weighted by molar-refractivity contribution is 5.79. The monoisotopic (exact) mass is 362 g/mol. The van der Waals surface area contributed by atoms with E-state index >= 15 is 0 Å². The third-order valence-corrected chi connectivity index (χ3v) is 8.43. The lowest BCUT2D eigenvalue weighted by molar-refractivity contribution is -0.127. The summed E-state index contributed by atoms with van der Waals surface area (Å²) in [7, 11) is 0. The van der Waals surface area contributed by atoms with E-state index in [9.17, 15) is 4.79 Å². The Kier molecular flexibility index (Phi) is 7.77. The van der Waals surface area contributed by atoms with Crippen molar-refractivity contribution >= 4 is 5.78 Å². The smallest absolute Gasteiger partial charge is 0.133 e. The Morgan fingerprint density at radius 2 is 1.85 bits per heavy atom. The summed E-state index contributed by atoms with van der Waals surface area (Å²) >= 11 is 0. The molecule has 2 saturated carbocycles. The summed E-state index contributed by atoms with van der Waals surface area (Å²) < 4.78 is 0. The molecule has 0 N–H and O–H groups in total. The summed E-state index contributed by atoms with van der Waals surface area (Å²) in [4.78, 5) is 12.3. The van der Waals surface area contributed by atoms with E-state index in [0.717, 1.165) is 30.1 Å². The second-order valence-electron chi connectivity index (χ2n) is 10.2. The van der Waals surface area contributed by atoms with Gasteiger partial charge < -0.3 is 0 Å². The van der Waals surface area contributed by atoms with E-state index in [1.807, 2.05) is 6.92 Å². The van der Waals surface area contributed by atoms with Crippen LogP contribution in [0, 0.1) is 40.4 Å². The molecule has 152 valence electrons. The lowest BCUT2D eigenvalue weighted by atomic mass is 9.50. The quantitative estimate of drug-likeness (QED) is 0.424. The third kappa shape index (κ3) is 3.97. The summed E-state index contributed by atoms with van der Waals surface area (Å²) in [6.07, 6.45) is 8.68. The predicted octanol–water partition coefficient (Wildman–Crippen LogP) is 7.70. The van der Waals surface area contributed by atoms with Crippen LogP contribution in [0.5, 0.6) is 0 Å². The molecule has 1 nitrogen and oxygen atoms in total. The van der Waals surface area contributed by atoms with Gasteiger partial charge in [0.1, 0.15) is 5.78 Å². The van der Waals surface area contributed by atoms with Gasteiger partial charge in [0, 0.05) is 5.92 Å². The van der Waals surface area contributed by atoms with Crippen molar-refractivity contribution in [1.29, 1.82) is 0 Å². The molecule has 2 rings (SSSR count). The van der Waals surface area contributed by atoms with Gasteiger partial charge in [-0.3, -0.25) is 4.79 Å². The molecule has 2 fully saturated rings. The van der Waals surface area contributed by atoms with Crippen molar-refractivity contribution in [2.45, 2.75) is 101 Å². The van der Waals surface area contributed by atoms with Crippen molar-refractivity contribution < 1.29 is 4.79 Å². The number of Topliss-reactive ketones (excluding diaryl/α,β-unsaturated/α-hetero) is 1. The number of allylic oxidation sites excluding steroid dienone is 1. The summed E-state index contributed by atoms with van der Waals surface area (Å²) in [5.74, 6) is 3.69. The SMILES string of the molecule is C.C=C(C)C(C)(CCC(C)C)C1CCC2(C)C(C(C)=O)CCC2C1CC. The molecule has 0 heterocycles. The molecule has 6 atom stereocenters. The van der Waals surface area contributed by atoms with E-state index in [4.69, 9.17) is 0 Å². The summed E-state index contributed by atoms with van der Waals surface area (Å²) in [6, 6.07) is 0. The molecule has 0 bridgehead atoms. The molecule has 6 unspecified atom stereocenters.